The van der Waals surface area contributed by atoms with E-state index < -0.39 is 0 Å². The van der Waals surface area contributed by atoms with E-state index in [1.165, 1.54) is 51.5 Å². The average Bonchev–Trinajstić information content (AvgIpc) is 2.47. The third kappa shape index (κ3) is 6.94. The fraction of sp³-hybridized carbons (Fsp3) is 0.938. The van der Waals surface area contributed by atoms with Gasteiger partial charge in [-0.05, 0) is 50.6 Å². The summed E-state index contributed by atoms with van der Waals surface area (Å²) < 4.78 is 0. The topological polar surface area (TPSA) is 41.1 Å². The van der Waals surface area contributed by atoms with Crippen molar-refractivity contribution in [2.75, 3.05) is 19.6 Å². The smallest absolute Gasteiger partial charge is 0.220 e. The van der Waals surface area contributed by atoms with E-state index >= 15 is 0 Å². The van der Waals surface area contributed by atoms with E-state index in [0.29, 0.717) is 0 Å². The quantitative estimate of drug-likeness (QED) is 0.790. The number of piperidine rings is 1. The van der Waals surface area contributed by atoms with Crippen molar-refractivity contribution in [2.24, 2.45) is 11.8 Å². The Morgan fingerprint density at radius 3 is 2.45 bits per heavy atom. The molecule has 1 aliphatic heterocycles. The van der Waals surface area contributed by atoms with Gasteiger partial charge in [-0.25, -0.2) is 0 Å². The second-order valence-electron chi connectivity index (χ2n) is 6.39. The Labute approximate surface area is 130 Å². The highest BCUT2D eigenvalue weighted by molar-refractivity contribution is 5.85. The standard InChI is InChI=1S/C16H30N2O.ClH/c19-16(9-8-14-5-2-1-3-6-14)18-12-10-15-7-4-11-17-13-15;/h14-15,17H,1-13H2,(H,18,19);1H. The molecule has 3 nitrogen and oxygen atoms in total. The second-order valence-corrected chi connectivity index (χ2v) is 6.39. The van der Waals surface area contributed by atoms with Crippen LogP contribution in [0.15, 0.2) is 0 Å². The fourth-order valence-corrected chi connectivity index (χ4v) is 3.49. The van der Waals surface area contributed by atoms with E-state index in [1.54, 1.807) is 0 Å². The van der Waals surface area contributed by atoms with Crippen molar-refractivity contribution in [2.45, 2.75) is 64.2 Å². The van der Waals surface area contributed by atoms with E-state index in [2.05, 4.69) is 10.6 Å². The van der Waals surface area contributed by atoms with Crippen molar-refractivity contribution >= 4 is 18.3 Å². The molecule has 2 N–H and O–H groups in total. The molecule has 1 atom stereocenters. The molecule has 1 amide bonds. The summed E-state index contributed by atoms with van der Waals surface area (Å²) in [6, 6.07) is 0. The minimum absolute atomic E-state index is 0. The Morgan fingerprint density at radius 1 is 1.00 bits per heavy atom. The molecule has 4 heteroatoms. The highest BCUT2D eigenvalue weighted by Crippen LogP contribution is 2.27. The maximum absolute atomic E-state index is 11.8. The highest BCUT2D eigenvalue weighted by Gasteiger charge is 2.15. The van der Waals surface area contributed by atoms with Crippen LogP contribution in [-0.4, -0.2) is 25.5 Å². The Morgan fingerprint density at radius 2 is 1.75 bits per heavy atom. The van der Waals surface area contributed by atoms with Crippen LogP contribution in [0.3, 0.4) is 0 Å². The van der Waals surface area contributed by atoms with E-state index in [1.807, 2.05) is 0 Å². The zero-order valence-corrected chi connectivity index (χ0v) is 13.5. The fourth-order valence-electron chi connectivity index (χ4n) is 3.49. The van der Waals surface area contributed by atoms with Gasteiger partial charge in [-0.3, -0.25) is 4.79 Å². The van der Waals surface area contributed by atoms with Gasteiger partial charge in [0.2, 0.25) is 5.91 Å². The molecule has 2 rings (SSSR count). The van der Waals surface area contributed by atoms with Crippen molar-refractivity contribution < 1.29 is 4.79 Å². The molecule has 0 bridgehead atoms. The van der Waals surface area contributed by atoms with E-state index in [-0.39, 0.29) is 18.3 Å². The predicted molar refractivity (Wildman–Crippen MR) is 86.3 cm³/mol. The first-order valence-electron chi connectivity index (χ1n) is 8.32. The number of carbonyl (C=O) groups is 1. The van der Waals surface area contributed by atoms with Crippen molar-refractivity contribution in [3.63, 3.8) is 0 Å². The molecule has 0 aromatic heterocycles. The molecule has 0 aromatic rings. The summed E-state index contributed by atoms with van der Waals surface area (Å²) in [6.07, 6.45) is 12.5. The lowest BCUT2D eigenvalue weighted by molar-refractivity contribution is -0.121. The van der Waals surface area contributed by atoms with E-state index in [4.69, 9.17) is 0 Å². The van der Waals surface area contributed by atoms with Crippen LogP contribution in [0.4, 0.5) is 0 Å². The molecule has 0 aromatic carbocycles. The van der Waals surface area contributed by atoms with Gasteiger partial charge in [0, 0.05) is 13.0 Å². The average molecular weight is 303 g/mol. The summed E-state index contributed by atoms with van der Waals surface area (Å²) in [6.45, 7) is 3.18. The van der Waals surface area contributed by atoms with Gasteiger partial charge in [0.15, 0.2) is 0 Å². The molecule has 1 saturated heterocycles. The Kier molecular flexibility index (Phi) is 9.28. The lowest BCUT2D eigenvalue weighted by Crippen LogP contribution is -2.33. The van der Waals surface area contributed by atoms with Crippen molar-refractivity contribution in [3.05, 3.63) is 0 Å². The predicted octanol–water partition coefficient (Wildman–Crippen LogP) is 3.27. The van der Waals surface area contributed by atoms with Gasteiger partial charge >= 0.3 is 0 Å². The van der Waals surface area contributed by atoms with Gasteiger partial charge in [0.25, 0.3) is 0 Å². The summed E-state index contributed by atoms with van der Waals surface area (Å²) in [4.78, 5) is 11.8. The minimum atomic E-state index is 0. The Hall–Kier alpha value is -0.280. The van der Waals surface area contributed by atoms with Crippen molar-refractivity contribution in [1.29, 1.82) is 0 Å². The van der Waals surface area contributed by atoms with Crippen LogP contribution >= 0.6 is 12.4 Å². The summed E-state index contributed by atoms with van der Waals surface area (Å²) in [5.41, 5.74) is 0. The van der Waals surface area contributed by atoms with Crippen LogP contribution in [0.5, 0.6) is 0 Å². The molecular weight excluding hydrogens is 272 g/mol. The van der Waals surface area contributed by atoms with Gasteiger partial charge < -0.3 is 10.6 Å². The van der Waals surface area contributed by atoms with Crippen molar-refractivity contribution in [3.8, 4) is 0 Å². The summed E-state index contributed by atoms with van der Waals surface area (Å²) in [5, 5.41) is 6.53. The normalized spacial score (nSPS) is 23.9. The number of amides is 1. The largest absolute Gasteiger partial charge is 0.356 e. The molecule has 0 radical (unpaired) electrons. The second kappa shape index (κ2) is 10.4. The van der Waals surface area contributed by atoms with Crippen molar-refractivity contribution in [1.82, 2.24) is 10.6 Å². The van der Waals surface area contributed by atoms with Crippen LogP contribution in [0.2, 0.25) is 0 Å². The number of rotatable bonds is 6. The van der Waals surface area contributed by atoms with Crippen LogP contribution in [0, 0.1) is 11.8 Å². The SMILES string of the molecule is Cl.O=C(CCC1CCCCC1)NCCC1CCCNC1. The van der Waals surface area contributed by atoms with E-state index in [9.17, 15) is 4.79 Å². The lowest BCUT2D eigenvalue weighted by atomic mass is 9.86. The first kappa shape index (κ1) is 17.8. The van der Waals surface area contributed by atoms with Gasteiger partial charge in [0.1, 0.15) is 0 Å². The summed E-state index contributed by atoms with van der Waals surface area (Å²) in [5.74, 6) is 1.86. The number of carbonyl (C=O) groups excluding carboxylic acids is 1. The molecule has 1 aliphatic carbocycles. The van der Waals surface area contributed by atoms with Gasteiger partial charge in [0.05, 0.1) is 0 Å². The molecule has 2 aliphatic rings. The molecular formula is C16H31ClN2O. The third-order valence-corrected chi connectivity index (χ3v) is 4.78. The maximum atomic E-state index is 11.8. The van der Waals surface area contributed by atoms with Crippen LogP contribution in [0.25, 0.3) is 0 Å². The maximum Gasteiger partial charge on any atom is 0.220 e. The number of hydrogen-bond donors (Lipinski definition) is 2. The molecule has 1 heterocycles. The van der Waals surface area contributed by atoms with Gasteiger partial charge in [-0.2, -0.15) is 0 Å². The van der Waals surface area contributed by atoms with E-state index in [0.717, 1.165) is 44.2 Å². The minimum Gasteiger partial charge on any atom is -0.356 e. The molecule has 0 spiro atoms. The molecule has 118 valence electrons. The molecule has 1 saturated carbocycles. The zero-order valence-electron chi connectivity index (χ0n) is 12.7. The molecule has 2 fully saturated rings. The zero-order chi connectivity index (χ0) is 13.3. The number of halogens is 1. The lowest BCUT2D eigenvalue weighted by Gasteiger charge is -2.23. The summed E-state index contributed by atoms with van der Waals surface area (Å²) in [7, 11) is 0. The first-order chi connectivity index (χ1) is 9.34. The Bertz CT molecular complexity index is 261. The number of nitrogens with one attached hydrogen (secondary N) is 2. The third-order valence-electron chi connectivity index (χ3n) is 4.78. The molecule has 20 heavy (non-hydrogen) atoms. The Balaban J connectivity index is 0.00000200. The van der Waals surface area contributed by atoms with Crippen LogP contribution < -0.4 is 10.6 Å². The van der Waals surface area contributed by atoms with Gasteiger partial charge in [-0.15, -0.1) is 12.4 Å². The highest BCUT2D eigenvalue weighted by atomic mass is 35.5. The monoisotopic (exact) mass is 302 g/mol. The van der Waals surface area contributed by atoms with Gasteiger partial charge in [-0.1, -0.05) is 32.1 Å². The summed E-state index contributed by atoms with van der Waals surface area (Å²) >= 11 is 0. The number of hydrogen-bond acceptors (Lipinski definition) is 2. The first-order valence-corrected chi connectivity index (χ1v) is 8.32. The van der Waals surface area contributed by atoms with Crippen LogP contribution in [-0.2, 0) is 4.79 Å². The van der Waals surface area contributed by atoms with Crippen LogP contribution in [0.1, 0.15) is 64.2 Å². The molecule has 1 unspecified atom stereocenters.